The molecule has 2 heteroatoms. The van der Waals surface area contributed by atoms with Crippen molar-refractivity contribution in [3.05, 3.63) is 29.8 Å². The van der Waals surface area contributed by atoms with Crippen molar-refractivity contribution in [1.82, 2.24) is 4.90 Å². The Labute approximate surface area is 98.9 Å². The number of rotatable bonds is 2. The molecule has 1 aliphatic heterocycles. The fraction of sp³-hybridized carbons (Fsp3) is 0.571. The van der Waals surface area contributed by atoms with Crippen molar-refractivity contribution in [2.75, 3.05) is 31.6 Å². The van der Waals surface area contributed by atoms with Crippen LogP contribution >= 0.6 is 0 Å². The molecule has 0 saturated carbocycles. The quantitative estimate of drug-likeness (QED) is 0.753. The maximum atomic E-state index is 2.56. The molecule has 0 radical (unpaired) electrons. The minimum absolute atomic E-state index is 0.746. The van der Waals surface area contributed by atoms with Gasteiger partial charge in [0, 0.05) is 38.9 Å². The Morgan fingerprint density at radius 2 is 1.94 bits per heavy atom. The standard InChI is InChI=1S/C14H22N2/c1-12(2)10-16-9-8-15(3)14-7-5-4-6-13(14)11-16/h4-7,12H,8-11H2,1-3H3. The highest BCUT2D eigenvalue weighted by Gasteiger charge is 2.17. The molecule has 1 heterocycles. The summed E-state index contributed by atoms with van der Waals surface area (Å²) in [5, 5.41) is 0. The molecule has 16 heavy (non-hydrogen) atoms. The van der Waals surface area contributed by atoms with Gasteiger partial charge in [-0.3, -0.25) is 4.90 Å². The minimum atomic E-state index is 0.746. The van der Waals surface area contributed by atoms with Gasteiger partial charge >= 0.3 is 0 Å². The van der Waals surface area contributed by atoms with Crippen LogP contribution in [0, 0.1) is 5.92 Å². The lowest BCUT2D eigenvalue weighted by Crippen LogP contribution is -2.31. The van der Waals surface area contributed by atoms with Gasteiger partial charge in [-0.05, 0) is 17.5 Å². The molecule has 1 aromatic carbocycles. The summed E-state index contributed by atoms with van der Waals surface area (Å²) >= 11 is 0. The average molecular weight is 218 g/mol. The van der Waals surface area contributed by atoms with Crippen LogP contribution in [-0.2, 0) is 6.54 Å². The average Bonchev–Trinajstić information content (AvgIpc) is 2.39. The minimum Gasteiger partial charge on any atom is -0.373 e. The van der Waals surface area contributed by atoms with E-state index in [-0.39, 0.29) is 0 Å². The number of fused-ring (bicyclic) bond motifs is 1. The third-order valence-corrected chi connectivity index (χ3v) is 3.17. The molecule has 0 saturated heterocycles. The van der Waals surface area contributed by atoms with Crippen LogP contribution < -0.4 is 4.90 Å². The molecule has 0 bridgehead atoms. The lowest BCUT2D eigenvalue weighted by Gasteiger charge is -2.22. The van der Waals surface area contributed by atoms with Crippen LogP contribution in [0.5, 0.6) is 0 Å². The second-order valence-corrected chi connectivity index (χ2v) is 5.18. The number of hydrogen-bond acceptors (Lipinski definition) is 2. The predicted octanol–water partition coefficient (Wildman–Crippen LogP) is 2.59. The number of para-hydroxylation sites is 1. The molecule has 0 aliphatic carbocycles. The Hall–Kier alpha value is -1.02. The molecule has 2 rings (SSSR count). The molecule has 88 valence electrons. The van der Waals surface area contributed by atoms with Crippen LogP contribution in [0.1, 0.15) is 19.4 Å². The van der Waals surface area contributed by atoms with E-state index < -0.39 is 0 Å². The van der Waals surface area contributed by atoms with Crippen LogP contribution in [0.25, 0.3) is 0 Å². The summed E-state index contributed by atoms with van der Waals surface area (Å²) in [6, 6.07) is 8.76. The molecule has 0 spiro atoms. The highest BCUT2D eigenvalue weighted by molar-refractivity contribution is 5.53. The van der Waals surface area contributed by atoms with Gasteiger partial charge in [-0.25, -0.2) is 0 Å². The zero-order chi connectivity index (χ0) is 11.5. The summed E-state index contributed by atoms with van der Waals surface area (Å²) < 4.78 is 0. The van der Waals surface area contributed by atoms with Gasteiger partial charge in [-0.2, -0.15) is 0 Å². The van der Waals surface area contributed by atoms with Crippen molar-refractivity contribution in [2.45, 2.75) is 20.4 Å². The molecular formula is C14H22N2. The van der Waals surface area contributed by atoms with E-state index in [0.717, 1.165) is 19.0 Å². The van der Waals surface area contributed by atoms with Crippen molar-refractivity contribution in [3.63, 3.8) is 0 Å². The van der Waals surface area contributed by atoms with Gasteiger partial charge < -0.3 is 4.90 Å². The van der Waals surface area contributed by atoms with Crippen LogP contribution in [0.2, 0.25) is 0 Å². The maximum Gasteiger partial charge on any atom is 0.0409 e. The lowest BCUT2D eigenvalue weighted by molar-refractivity contribution is 0.247. The summed E-state index contributed by atoms with van der Waals surface area (Å²) in [4.78, 5) is 4.93. The second-order valence-electron chi connectivity index (χ2n) is 5.18. The third-order valence-electron chi connectivity index (χ3n) is 3.17. The normalized spacial score (nSPS) is 17.4. The van der Waals surface area contributed by atoms with E-state index in [2.05, 4.69) is 55.0 Å². The Morgan fingerprint density at radius 1 is 1.19 bits per heavy atom. The molecule has 0 unspecified atom stereocenters. The largest absolute Gasteiger partial charge is 0.373 e. The van der Waals surface area contributed by atoms with E-state index in [4.69, 9.17) is 0 Å². The highest BCUT2D eigenvalue weighted by atomic mass is 15.2. The molecule has 0 aromatic heterocycles. The summed E-state index contributed by atoms with van der Waals surface area (Å²) in [6.07, 6.45) is 0. The van der Waals surface area contributed by atoms with E-state index in [9.17, 15) is 0 Å². The van der Waals surface area contributed by atoms with Gasteiger partial charge in [0.2, 0.25) is 0 Å². The van der Waals surface area contributed by atoms with Crippen LogP contribution in [0.15, 0.2) is 24.3 Å². The first-order valence-electron chi connectivity index (χ1n) is 6.18. The van der Waals surface area contributed by atoms with Crippen LogP contribution in [-0.4, -0.2) is 31.6 Å². The summed E-state index contributed by atoms with van der Waals surface area (Å²) in [7, 11) is 2.19. The Kier molecular flexibility index (Phi) is 3.49. The van der Waals surface area contributed by atoms with Gasteiger partial charge in [0.15, 0.2) is 0 Å². The summed E-state index contributed by atoms with van der Waals surface area (Å²) in [6.45, 7) is 9.18. The summed E-state index contributed by atoms with van der Waals surface area (Å²) in [5.74, 6) is 0.746. The van der Waals surface area contributed by atoms with Gasteiger partial charge in [-0.1, -0.05) is 32.0 Å². The second kappa shape index (κ2) is 4.88. The Morgan fingerprint density at radius 3 is 2.69 bits per heavy atom. The maximum absolute atomic E-state index is 2.56. The van der Waals surface area contributed by atoms with Crippen LogP contribution in [0.4, 0.5) is 5.69 Å². The van der Waals surface area contributed by atoms with E-state index >= 15 is 0 Å². The van der Waals surface area contributed by atoms with Crippen molar-refractivity contribution in [3.8, 4) is 0 Å². The number of likely N-dealkylation sites (N-methyl/N-ethyl adjacent to an activating group) is 1. The molecule has 1 aliphatic rings. The molecule has 0 N–H and O–H groups in total. The highest BCUT2D eigenvalue weighted by Crippen LogP contribution is 2.23. The fourth-order valence-electron chi connectivity index (χ4n) is 2.42. The number of hydrogen-bond donors (Lipinski definition) is 0. The zero-order valence-electron chi connectivity index (χ0n) is 10.6. The summed E-state index contributed by atoms with van der Waals surface area (Å²) in [5.41, 5.74) is 2.86. The van der Waals surface area contributed by atoms with E-state index in [1.165, 1.54) is 24.3 Å². The van der Waals surface area contributed by atoms with E-state index in [1.807, 2.05) is 0 Å². The van der Waals surface area contributed by atoms with Crippen LogP contribution in [0.3, 0.4) is 0 Å². The fourth-order valence-corrected chi connectivity index (χ4v) is 2.42. The SMILES string of the molecule is CC(C)CN1CCN(C)c2ccccc2C1. The number of anilines is 1. The topological polar surface area (TPSA) is 6.48 Å². The molecule has 0 fully saturated rings. The first-order chi connectivity index (χ1) is 7.66. The number of benzene rings is 1. The predicted molar refractivity (Wildman–Crippen MR) is 69.8 cm³/mol. The van der Waals surface area contributed by atoms with Crippen molar-refractivity contribution in [1.29, 1.82) is 0 Å². The van der Waals surface area contributed by atoms with E-state index in [0.29, 0.717) is 0 Å². The Bertz CT molecular complexity index is 346. The lowest BCUT2D eigenvalue weighted by atomic mass is 10.1. The smallest absolute Gasteiger partial charge is 0.0409 e. The first kappa shape index (κ1) is 11.5. The molecule has 0 amide bonds. The van der Waals surface area contributed by atoms with Gasteiger partial charge in [0.25, 0.3) is 0 Å². The number of nitrogens with zero attached hydrogens (tertiary/aromatic N) is 2. The van der Waals surface area contributed by atoms with Crippen molar-refractivity contribution >= 4 is 5.69 Å². The third kappa shape index (κ3) is 2.56. The molecule has 0 atom stereocenters. The molecule has 1 aromatic rings. The van der Waals surface area contributed by atoms with E-state index in [1.54, 1.807) is 0 Å². The Balaban J connectivity index is 2.18. The molecular weight excluding hydrogens is 196 g/mol. The van der Waals surface area contributed by atoms with Gasteiger partial charge in [0.05, 0.1) is 0 Å². The monoisotopic (exact) mass is 218 g/mol. The van der Waals surface area contributed by atoms with Crippen molar-refractivity contribution in [2.24, 2.45) is 5.92 Å². The van der Waals surface area contributed by atoms with Gasteiger partial charge in [-0.15, -0.1) is 0 Å². The molecule has 2 nitrogen and oxygen atoms in total. The van der Waals surface area contributed by atoms with Crippen molar-refractivity contribution < 1.29 is 0 Å². The first-order valence-corrected chi connectivity index (χ1v) is 6.18. The van der Waals surface area contributed by atoms with Gasteiger partial charge in [0.1, 0.15) is 0 Å². The zero-order valence-corrected chi connectivity index (χ0v) is 10.6.